The number of alkyl halides is 3. The average Bonchev–Trinajstić information content (AvgIpc) is 2.60. The Morgan fingerprint density at radius 1 is 1.11 bits per heavy atom. The van der Waals surface area contributed by atoms with Gasteiger partial charge in [0.25, 0.3) is 0 Å². The zero-order valence-electron chi connectivity index (χ0n) is 15.9. The van der Waals surface area contributed by atoms with Gasteiger partial charge in [0.15, 0.2) is 0 Å². The predicted molar refractivity (Wildman–Crippen MR) is 97.7 cm³/mol. The van der Waals surface area contributed by atoms with Gasteiger partial charge in [-0.2, -0.15) is 18.2 Å². The maximum absolute atomic E-state index is 13.2. The van der Waals surface area contributed by atoms with Gasteiger partial charge in [-0.1, -0.05) is 6.92 Å². The van der Waals surface area contributed by atoms with Crippen molar-refractivity contribution in [2.24, 2.45) is 0 Å². The third-order valence-corrected chi connectivity index (χ3v) is 3.57. The van der Waals surface area contributed by atoms with Crippen LogP contribution in [0.5, 0.6) is 11.6 Å². The molecule has 0 spiro atoms. The third-order valence-electron chi connectivity index (χ3n) is 3.57. The van der Waals surface area contributed by atoms with Crippen molar-refractivity contribution in [2.75, 3.05) is 18.1 Å². The molecule has 0 bridgehead atoms. The Morgan fingerprint density at radius 3 is 2.30 bits per heavy atom. The summed E-state index contributed by atoms with van der Waals surface area (Å²) < 4.78 is 50.4. The highest BCUT2D eigenvalue weighted by atomic mass is 19.4. The van der Waals surface area contributed by atoms with Gasteiger partial charge in [-0.3, -0.25) is 0 Å². The van der Waals surface area contributed by atoms with Crippen molar-refractivity contribution in [3.8, 4) is 11.6 Å². The lowest BCUT2D eigenvalue weighted by Crippen LogP contribution is -2.21. The second-order valence-electron chi connectivity index (χ2n) is 6.14. The van der Waals surface area contributed by atoms with Crippen LogP contribution in [0, 0.1) is 0 Å². The molecule has 0 saturated heterocycles. The summed E-state index contributed by atoms with van der Waals surface area (Å²) in [4.78, 5) is 9.66. The summed E-state index contributed by atoms with van der Waals surface area (Å²) in [6, 6.07) is 7.23. The molecule has 0 fully saturated rings. The fraction of sp³-hybridized carbons (Fsp3) is 0.474. The minimum Gasteiger partial charge on any atom is -0.491 e. The second-order valence-corrected chi connectivity index (χ2v) is 6.14. The summed E-state index contributed by atoms with van der Waals surface area (Å²) >= 11 is 0. The van der Waals surface area contributed by atoms with E-state index in [0.29, 0.717) is 18.7 Å². The van der Waals surface area contributed by atoms with E-state index in [1.54, 1.807) is 17.0 Å². The van der Waals surface area contributed by atoms with Crippen LogP contribution in [0.15, 0.2) is 30.5 Å². The maximum atomic E-state index is 13.2. The average molecular weight is 383 g/mol. The van der Waals surface area contributed by atoms with Gasteiger partial charge in [-0.05, 0) is 51.5 Å². The van der Waals surface area contributed by atoms with Crippen molar-refractivity contribution in [2.45, 2.75) is 46.4 Å². The summed E-state index contributed by atoms with van der Waals surface area (Å²) in [5.41, 5.74) is -0.230. The first-order valence-corrected chi connectivity index (χ1v) is 8.87. The summed E-state index contributed by atoms with van der Waals surface area (Å²) in [6.07, 6.45) is -3.18. The summed E-state index contributed by atoms with van der Waals surface area (Å²) in [5.74, 6) is 0.409. The molecule has 0 radical (unpaired) electrons. The van der Waals surface area contributed by atoms with Gasteiger partial charge in [-0.15, -0.1) is 0 Å². The largest absolute Gasteiger partial charge is 0.491 e. The number of anilines is 2. The Bertz CT molecular complexity index is 734. The lowest BCUT2D eigenvalue weighted by Gasteiger charge is -2.23. The number of aromatic nitrogens is 2. The van der Waals surface area contributed by atoms with Crippen LogP contribution in [0.3, 0.4) is 0 Å². The molecule has 1 aromatic heterocycles. The van der Waals surface area contributed by atoms with Crippen LogP contribution < -0.4 is 14.4 Å². The molecule has 0 atom stereocenters. The SMILES string of the molecule is CCCOc1nc(N(CC)c2ccc(OC(C)C)cc2)ncc1C(F)(F)F. The smallest absolute Gasteiger partial charge is 0.423 e. The first-order valence-electron chi connectivity index (χ1n) is 8.87. The molecule has 0 amide bonds. The van der Waals surface area contributed by atoms with E-state index in [2.05, 4.69) is 9.97 Å². The van der Waals surface area contributed by atoms with Crippen LogP contribution in [0.1, 0.15) is 39.7 Å². The normalized spacial score (nSPS) is 11.6. The number of ether oxygens (including phenoxy) is 2. The topological polar surface area (TPSA) is 47.5 Å². The summed E-state index contributed by atoms with van der Waals surface area (Å²) in [5, 5.41) is 0. The minimum atomic E-state index is -4.57. The fourth-order valence-corrected chi connectivity index (χ4v) is 2.41. The van der Waals surface area contributed by atoms with E-state index in [1.165, 1.54) is 0 Å². The molecule has 27 heavy (non-hydrogen) atoms. The van der Waals surface area contributed by atoms with Crippen LogP contribution in [0.4, 0.5) is 24.8 Å². The molecule has 2 aromatic rings. The van der Waals surface area contributed by atoms with Crippen molar-refractivity contribution in [3.05, 3.63) is 36.0 Å². The Balaban J connectivity index is 2.35. The van der Waals surface area contributed by atoms with Crippen molar-refractivity contribution in [1.82, 2.24) is 9.97 Å². The Hall–Kier alpha value is -2.51. The number of hydrogen-bond donors (Lipinski definition) is 0. The highest BCUT2D eigenvalue weighted by Gasteiger charge is 2.36. The predicted octanol–water partition coefficient (Wildman–Crippen LogP) is 5.23. The molecule has 5 nitrogen and oxygen atoms in total. The number of nitrogens with zero attached hydrogens (tertiary/aromatic N) is 3. The monoisotopic (exact) mass is 383 g/mol. The van der Waals surface area contributed by atoms with E-state index in [0.717, 1.165) is 11.9 Å². The summed E-state index contributed by atoms with van der Waals surface area (Å²) in [7, 11) is 0. The molecule has 0 unspecified atom stereocenters. The lowest BCUT2D eigenvalue weighted by atomic mass is 10.2. The Morgan fingerprint density at radius 2 is 1.78 bits per heavy atom. The number of benzene rings is 1. The minimum absolute atomic E-state index is 0.0506. The molecule has 148 valence electrons. The quantitative estimate of drug-likeness (QED) is 0.625. The van der Waals surface area contributed by atoms with Crippen molar-refractivity contribution >= 4 is 11.6 Å². The molecular formula is C19H24F3N3O2. The van der Waals surface area contributed by atoms with Crippen LogP contribution in [0.25, 0.3) is 0 Å². The van der Waals surface area contributed by atoms with Crippen LogP contribution in [0.2, 0.25) is 0 Å². The van der Waals surface area contributed by atoms with Gasteiger partial charge < -0.3 is 14.4 Å². The molecule has 8 heteroatoms. The van der Waals surface area contributed by atoms with Gasteiger partial charge in [0, 0.05) is 18.4 Å². The van der Waals surface area contributed by atoms with E-state index < -0.39 is 17.6 Å². The standard InChI is InChI=1S/C19H24F3N3O2/c1-5-11-26-17-16(19(20,21)22)12-23-18(24-17)25(6-2)14-7-9-15(10-8-14)27-13(3)4/h7-10,12-13H,5-6,11H2,1-4H3. The van der Waals surface area contributed by atoms with Crippen LogP contribution in [-0.4, -0.2) is 29.2 Å². The molecule has 1 heterocycles. The highest BCUT2D eigenvalue weighted by Crippen LogP contribution is 2.36. The van der Waals surface area contributed by atoms with Gasteiger partial charge in [0.2, 0.25) is 11.8 Å². The zero-order valence-corrected chi connectivity index (χ0v) is 15.9. The molecule has 1 aromatic carbocycles. The molecular weight excluding hydrogens is 359 g/mol. The molecule has 0 aliphatic heterocycles. The molecule has 0 aliphatic rings. The van der Waals surface area contributed by atoms with Crippen molar-refractivity contribution in [3.63, 3.8) is 0 Å². The first kappa shape index (κ1) is 20.8. The van der Waals surface area contributed by atoms with E-state index in [4.69, 9.17) is 9.47 Å². The Kier molecular flexibility index (Phi) is 6.87. The maximum Gasteiger partial charge on any atom is 0.423 e. The van der Waals surface area contributed by atoms with E-state index in [9.17, 15) is 13.2 Å². The number of rotatable bonds is 8. The Labute approximate surface area is 157 Å². The molecule has 0 saturated carbocycles. The highest BCUT2D eigenvalue weighted by molar-refractivity contribution is 5.58. The molecule has 0 N–H and O–H groups in total. The number of halogens is 3. The van der Waals surface area contributed by atoms with Gasteiger partial charge in [0.05, 0.1) is 12.7 Å². The molecule has 2 rings (SSSR count). The van der Waals surface area contributed by atoms with Crippen LogP contribution in [-0.2, 0) is 6.18 Å². The molecule has 0 aliphatic carbocycles. The lowest BCUT2D eigenvalue weighted by molar-refractivity contribution is -0.139. The zero-order chi connectivity index (χ0) is 20.0. The van der Waals surface area contributed by atoms with Crippen molar-refractivity contribution < 1.29 is 22.6 Å². The van der Waals surface area contributed by atoms with Crippen molar-refractivity contribution in [1.29, 1.82) is 0 Å². The third kappa shape index (κ3) is 5.48. The van der Waals surface area contributed by atoms with E-state index in [-0.39, 0.29) is 18.7 Å². The summed E-state index contributed by atoms with van der Waals surface area (Å²) in [6.45, 7) is 8.16. The number of hydrogen-bond acceptors (Lipinski definition) is 5. The van der Waals surface area contributed by atoms with E-state index >= 15 is 0 Å². The van der Waals surface area contributed by atoms with Crippen LogP contribution >= 0.6 is 0 Å². The first-order chi connectivity index (χ1) is 12.8. The van der Waals surface area contributed by atoms with Gasteiger partial charge >= 0.3 is 6.18 Å². The van der Waals surface area contributed by atoms with Gasteiger partial charge in [-0.25, -0.2) is 4.98 Å². The van der Waals surface area contributed by atoms with E-state index in [1.807, 2.05) is 39.8 Å². The fourth-order valence-electron chi connectivity index (χ4n) is 2.41. The van der Waals surface area contributed by atoms with Gasteiger partial charge in [0.1, 0.15) is 11.3 Å². The second kappa shape index (κ2) is 8.92.